The third-order valence-electron chi connectivity index (χ3n) is 5.78. The average Bonchev–Trinajstić information content (AvgIpc) is 2.86. The van der Waals surface area contributed by atoms with Crippen LogP contribution in [0.1, 0.15) is 22.8 Å². The molecule has 0 atom stereocenters. The highest BCUT2D eigenvalue weighted by Gasteiger charge is 2.25. The molecule has 0 aliphatic carbocycles. The molecular weight excluding hydrogens is 450 g/mol. The van der Waals surface area contributed by atoms with Crippen LogP contribution in [-0.4, -0.2) is 55.5 Å². The van der Waals surface area contributed by atoms with E-state index in [0.29, 0.717) is 49.7 Å². The minimum Gasteiger partial charge on any atom is -0.457 e. The van der Waals surface area contributed by atoms with Gasteiger partial charge < -0.3 is 10.1 Å². The lowest BCUT2D eigenvalue weighted by Crippen LogP contribution is -2.48. The molecule has 0 spiro atoms. The van der Waals surface area contributed by atoms with Crippen LogP contribution >= 0.6 is 0 Å². The summed E-state index contributed by atoms with van der Waals surface area (Å²) in [4.78, 5) is 15.0. The number of nitrogens with zero attached hydrogens (tertiary/aromatic N) is 2. The van der Waals surface area contributed by atoms with Crippen molar-refractivity contribution in [1.82, 2.24) is 9.21 Å². The molecule has 3 aromatic carbocycles. The molecule has 1 aliphatic rings. The summed E-state index contributed by atoms with van der Waals surface area (Å²) in [6, 6.07) is 24.3. The van der Waals surface area contributed by atoms with Crippen molar-refractivity contribution in [3.05, 3.63) is 90.0 Å². The van der Waals surface area contributed by atoms with E-state index in [0.717, 1.165) is 11.3 Å². The molecule has 1 N–H and O–H groups in total. The second-order valence-electron chi connectivity index (χ2n) is 8.17. The number of para-hydroxylation sites is 1. The summed E-state index contributed by atoms with van der Waals surface area (Å²) < 4.78 is 31.4. The number of nitrogens with one attached hydrogen (secondary N) is 1. The van der Waals surface area contributed by atoms with Crippen molar-refractivity contribution < 1.29 is 17.9 Å². The third-order valence-corrected chi connectivity index (χ3v) is 7.66. The highest BCUT2D eigenvalue weighted by atomic mass is 32.2. The van der Waals surface area contributed by atoms with Gasteiger partial charge in [-0.25, -0.2) is 8.42 Å². The van der Waals surface area contributed by atoms with E-state index in [9.17, 15) is 13.2 Å². The van der Waals surface area contributed by atoms with Crippen LogP contribution in [-0.2, 0) is 16.6 Å². The molecule has 1 aliphatic heterocycles. The van der Waals surface area contributed by atoms with Gasteiger partial charge in [0.1, 0.15) is 11.5 Å². The zero-order valence-corrected chi connectivity index (χ0v) is 20.0. The lowest BCUT2D eigenvalue weighted by atomic mass is 10.1. The molecule has 34 heavy (non-hydrogen) atoms. The van der Waals surface area contributed by atoms with Crippen molar-refractivity contribution in [3.63, 3.8) is 0 Å². The Morgan fingerprint density at radius 3 is 2.24 bits per heavy atom. The van der Waals surface area contributed by atoms with Crippen molar-refractivity contribution >= 4 is 21.6 Å². The van der Waals surface area contributed by atoms with Crippen molar-refractivity contribution in [2.75, 3.05) is 37.2 Å². The number of rotatable bonds is 8. The number of carbonyl (C=O) groups is 1. The highest BCUT2D eigenvalue weighted by molar-refractivity contribution is 7.89. The highest BCUT2D eigenvalue weighted by Crippen LogP contribution is 2.23. The van der Waals surface area contributed by atoms with E-state index in [-0.39, 0.29) is 11.7 Å². The van der Waals surface area contributed by atoms with Gasteiger partial charge in [0, 0.05) is 44.0 Å². The van der Waals surface area contributed by atoms with Crippen LogP contribution in [0.15, 0.2) is 78.9 Å². The lowest BCUT2D eigenvalue weighted by molar-refractivity contribution is 0.102. The number of ether oxygens (including phenoxy) is 1. The van der Waals surface area contributed by atoms with E-state index >= 15 is 0 Å². The summed E-state index contributed by atoms with van der Waals surface area (Å²) in [6.45, 7) is 4.69. The molecule has 0 unspecified atom stereocenters. The maximum absolute atomic E-state index is 12.8. The third kappa shape index (κ3) is 6.22. The number of sulfonamides is 1. The van der Waals surface area contributed by atoms with E-state index < -0.39 is 10.0 Å². The van der Waals surface area contributed by atoms with Crippen LogP contribution in [0.5, 0.6) is 11.5 Å². The molecule has 0 saturated carbocycles. The van der Waals surface area contributed by atoms with Gasteiger partial charge in [-0.05, 0) is 61.0 Å². The Hall–Kier alpha value is -3.20. The van der Waals surface area contributed by atoms with Crippen molar-refractivity contribution in [2.45, 2.75) is 13.5 Å². The van der Waals surface area contributed by atoms with Gasteiger partial charge >= 0.3 is 0 Å². The monoisotopic (exact) mass is 479 g/mol. The van der Waals surface area contributed by atoms with Gasteiger partial charge in [0.15, 0.2) is 0 Å². The summed E-state index contributed by atoms with van der Waals surface area (Å²) in [7, 11) is -3.14. The molecule has 0 radical (unpaired) electrons. The number of amides is 1. The Morgan fingerprint density at radius 2 is 1.56 bits per heavy atom. The number of carbonyl (C=O) groups excluding carboxylic acids is 1. The normalized spacial score (nSPS) is 15.1. The Morgan fingerprint density at radius 1 is 0.882 bits per heavy atom. The number of benzene rings is 3. The fraction of sp³-hybridized carbons (Fsp3) is 0.269. The van der Waals surface area contributed by atoms with Crippen LogP contribution in [0.2, 0.25) is 0 Å². The summed E-state index contributed by atoms with van der Waals surface area (Å²) in [6.07, 6.45) is 0. The van der Waals surface area contributed by atoms with E-state index in [2.05, 4.69) is 10.2 Å². The number of anilines is 1. The van der Waals surface area contributed by atoms with Gasteiger partial charge in [-0.15, -0.1) is 0 Å². The summed E-state index contributed by atoms with van der Waals surface area (Å²) >= 11 is 0. The van der Waals surface area contributed by atoms with Crippen molar-refractivity contribution in [3.8, 4) is 11.5 Å². The van der Waals surface area contributed by atoms with Crippen LogP contribution < -0.4 is 10.1 Å². The zero-order valence-electron chi connectivity index (χ0n) is 19.2. The van der Waals surface area contributed by atoms with Crippen LogP contribution in [0, 0.1) is 0 Å². The SMILES string of the molecule is CCS(=O)(=O)N1CCN(Cc2cccc(C(=O)Nc3ccc(Oc4ccccc4)cc3)c2)CC1. The maximum atomic E-state index is 12.8. The first-order valence-electron chi connectivity index (χ1n) is 11.4. The molecule has 1 amide bonds. The number of hydrogen-bond donors (Lipinski definition) is 1. The topological polar surface area (TPSA) is 79.0 Å². The van der Waals surface area contributed by atoms with Crippen molar-refractivity contribution in [2.24, 2.45) is 0 Å². The van der Waals surface area contributed by atoms with Gasteiger partial charge in [-0.2, -0.15) is 4.31 Å². The second kappa shape index (κ2) is 10.8. The van der Waals surface area contributed by atoms with Crippen LogP contribution in [0.25, 0.3) is 0 Å². The maximum Gasteiger partial charge on any atom is 0.255 e. The minimum absolute atomic E-state index is 0.132. The quantitative estimate of drug-likeness (QED) is 0.524. The molecule has 1 heterocycles. The molecule has 8 heteroatoms. The summed E-state index contributed by atoms with van der Waals surface area (Å²) in [5, 5.41) is 2.93. The fourth-order valence-corrected chi connectivity index (χ4v) is 4.94. The molecule has 4 rings (SSSR count). The molecular formula is C26H29N3O4S. The van der Waals surface area contributed by atoms with E-state index in [4.69, 9.17) is 4.74 Å². The molecule has 0 aromatic heterocycles. The summed E-state index contributed by atoms with van der Waals surface area (Å²) in [5.41, 5.74) is 2.28. The molecule has 3 aromatic rings. The molecule has 1 fully saturated rings. The lowest BCUT2D eigenvalue weighted by Gasteiger charge is -2.33. The predicted molar refractivity (Wildman–Crippen MR) is 134 cm³/mol. The van der Waals surface area contributed by atoms with Crippen LogP contribution in [0.4, 0.5) is 5.69 Å². The first kappa shape index (κ1) is 23.9. The second-order valence-corrected chi connectivity index (χ2v) is 10.4. The molecule has 7 nitrogen and oxygen atoms in total. The first-order valence-corrected chi connectivity index (χ1v) is 13.0. The Balaban J connectivity index is 1.32. The van der Waals surface area contributed by atoms with Gasteiger partial charge in [0.05, 0.1) is 5.75 Å². The molecule has 178 valence electrons. The fourth-order valence-electron chi connectivity index (χ4n) is 3.85. The van der Waals surface area contributed by atoms with E-state index in [1.54, 1.807) is 17.3 Å². The van der Waals surface area contributed by atoms with Gasteiger partial charge in [0.2, 0.25) is 10.0 Å². The summed E-state index contributed by atoms with van der Waals surface area (Å²) in [5.74, 6) is 1.40. The first-order chi connectivity index (χ1) is 16.4. The number of hydrogen-bond acceptors (Lipinski definition) is 5. The standard InChI is InChI=1S/C26H29N3O4S/c1-2-34(31,32)29-17-15-28(16-18-29)20-21-7-6-8-22(19-21)26(30)27-23-11-13-25(14-12-23)33-24-9-4-3-5-10-24/h3-14,19H,2,15-18,20H2,1H3,(H,27,30). The smallest absolute Gasteiger partial charge is 0.255 e. The van der Waals surface area contributed by atoms with Gasteiger partial charge in [-0.3, -0.25) is 9.69 Å². The van der Waals surface area contributed by atoms with Crippen LogP contribution in [0.3, 0.4) is 0 Å². The Bertz CT molecular complexity index is 1210. The van der Waals surface area contributed by atoms with Gasteiger partial charge in [-0.1, -0.05) is 30.3 Å². The van der Waals surface area contributed by atoms with Crippen molar-refractivity contribution in [1.29, 1.82) is 0 Å². The minimum atomic E-state index is -3.14. The Labute approximate surface area is 201 Å². The predicted octanol–water partition coefficient (Wildman–Crippen LogP) is 4.20. The van der Waals surface area contributed by atoms with E-state index in [1.165, 1.54) is 0 Å². The largest absolute Gasteiger partial charge is 0.457 e. The average molecular weight is 480 g/mol. The Kier molecular flexibility index (Phi) is 7.62. The number of piperazine rings is 1. The van der Waals surface area contributed by atoms with Gasteiger partial charge in [0.25, 0.3) is 5.91 Å². The molecule has 0 bridgehead atoms. The van der Waals surface area contributed by atoms with E-state index in [1.807, 2.05) is 72.8 Å². The molecule has 1 saturated heterocycles. The zero-order chi connectivity index (χ0) is 24.0.